The molecule has 1 saturated heterocycles. The second-order valence-electron chi connectivity index (χ2n) is 5.98. The molecule has 0 saturated carbocycles. The molecule has 1 aromatic heterocycles. The Hall–Kier alpha value is -2.58. The van der Waals surface area contributed by atoms with Crippen molar-refractivity contribution in [3.8, 4) is 5.88 Å². The highest BCUT2D eigenvalue weighted by Crippen LogP contribution is 2.26. The number of halogens is 2. The minimum absolute atomic E-state index is 0.0770. The van der Waals surface area contributed by atoms with Crippen LogP contribution in [0.15, 0.2) is 59.5 Å². The molecule has 5 nitrogen and oxygen atoms in total. The van der Waals surface area contributed by atoms with Gasteiger partial charge in [-0.3, -0.25) is 0 Å². The van der Waals surface area contributed by atoms with Gasteiger partial charge in [0.1, 0.15) is 22.6 Å². The maximum absolute atomic E-state index is 13.8. The van der Waals surface area contributed by atoms with Gasteiger partial charge in [-0.05, 0) is 24.3 Å². The number of hydrogen-bond donors (Lipinski definition) is 0. The maximum Gasteiger partial charge on any atom is 0.246 e. The van der Waals surface area contributed by atoms with Crippen molar-refractivity contribution in [2.75, 3.05) is 13.1 Å². The smallest absolute Gasteiger partial charge is 0.246 e. The molecule has 4 rings (SSSR count). The first-order valence-corrected chi connectivity index (χ1v) is 9.35. The van der Waals surface area contributed by atoms with Crippen LogP contribution in [-0.2, 0) is 10.0 Å². The lowest BCUT2D eigenvalue weighted by Gasteiger charge is -2.37. The number of benzene rings is 2. The Labute approximate surface area is 148 Å². The topological polar surface area (TPSA) is 59.5 Å². The van der Waals surface area contributed by atoms with Crippen LogP contribution >= 0.6 is 0 Å². The highest BCUT2D eigenvalue weighted by Gasteiger charge is 2.39. The normalized spacial score (nSPS) is 15.8. The van der Waals surface area contributed by atoms with Crippen LogP contribution in [0.4, 0.5) is 8.78 Å². The zero-order valence-corrected chi connectivity index (χ0v) is 14.3. The number of fused-ring (bicyclic) bond motifs is 1. The second-order valence-corrected chi connectivity index (χ2v) is 7.89. The number of nitrogens with zero attached hydrogens (tertiary/aromatic N) is 2. The molecule has 0 amide bonds. The summed E-state index contributed by atoms with van der Waals surface area (Å²) in [5.41, 5.74) is 0.780. The molecule has 1 aliphatic heterocycles. The fourth-order valence-corrected chi connectivity index (χ4v) is 4.33. The van der Waals surface area contributed by atoms with Gasteiger partial charge in [0.15, 0.2) is 0 Å². The fourth-order valence-electron chi connectivity index (χ4n) is 2.78. The number of pyridine rings is 1. The molecule has 1 aliphatic rings. The first-order valence-electron chi connectivity index (χ1n) is 7.91. The Morgan fingerprint density at radius 1 is 1.04 bits per heavy atom. The third kappa shape index (κ3) is 3.02. The van der Waals surface area contributed by atoms with Gasteiger partial charge in [-0.2, -0.15) is 4.31 Å². The van der Waals surface area contributed by atoms with Crippen molar-refractivity contribution in [3.05, 3.63) is 66.2 Å². The molecule has 0 radical (unpaired) electrons. The quantitative estimate of drug-likeness (QED) is 0.703. The summed E-state index contributed by atoms with van der Waals surface area (Å²) in [6.45, 7) is 0.154. The largest absolute Gasteiger partial charge is 0.472 e. The van der Waals surface area contributed by atoms with E-state index in [-0.39, 0.29) is 19.2 Å². The van der Waals surface area contributed by atoms with Crippen LogP contribution < -0.4 is 4.74 Å². The Balaban J connectivity index is 1.45. The van der Waals surface area contributed by atoms with Gasteiger partial charge in [0, 0.05) is 17.5 Å². The lowest BCUT2D eigenvalue weighted by atomic mass is 10.2. The van der Waals surface area contributed by atoms with Crippen LogP contribution in [0.1, 0.15) is 0 Å². The van der Waals surface area contributed by atoms with Gasteiger partial charge in [0.05, 0.1) is 18.6 Å². The summed E-state index contributed by atoms with van der Waals surface area (Å²) in [4.78, 5) is 3.83. The number of rotatable bonds is 4. The zero-order chi connectivity index (χ0) is 18.3. The highest BCUT2D eigenvalue weighted by atomic mass is 32.2. The summed E-state index contributed by atoms with van der Waals surface area (Å²) in [5, 5.41) is 0.976. The van der Waals surface area contributed by atoms with Gasteiger partial charge in [-0.1, -0.05) is 18.2 Å². The first kappa shape index (κ1) is 16.9. The number of hydrogen-bond acceptors (Lipinski definition) is 4. The SMILES string of the molecule is O=S(=O)(c1ccc(F)cc1F)N1CC(Oc2ccc3ccccc3n2)C1. The van der Waals surface area contributed by atoms with E-state index in [4.69, 9.17) is 4.74 Å². The third-order valence-corrected chi connectivity index (χ3v) is 6.05. The van der Waals surface area contributed by atoms with Crippen molar-refractivity contribution in [2.45, 2.75) is 11.0 Å². The number of ether oxygens (including phenoxy) is 1. The van der Waals surface area contributed by atoms with E-state index in [0.717, 1.165) is 27.3 Å². The Kier molecular flexibility index (Phi) is 4.08. The van der Waals surface area contributed by atoms with Crippen molar-refractivity contribution < 1.29 is 21.9 Å². The average molecular weight is 376 g/mol. The van der Waals surface area contributed by atoms with Crippen molar-refractivity contribution in [1.29, 1.82) is 0 Å². The molecule has 1 fully saturated rings. The lowest BCUT2D eigenvalue weighted by Crippen LogP contribution is -2.56. The standard InChI is InChI=1S/C18H14F2N2O3S/c19-13-6-7-17(15(20)9-13)26(23,24)22-10-14(11-22)25-18-8-5-12-3-1-2-4-16(12)21-18/h1-9,14H,10-11H2. The molecular weight excluding hydrogens is 362 g/mol. The van der Waals surface area contributed by atoms with Crippen LogP contribution in [0.5, 0.6) is 5.88 Å². The van der Waals surface area contributed by atoms with E-state index < -0.39 is 26.6 Å². The van der Waals surface area contributed by atoms with E-state index in [9.17, 15) is 17.2 Å². The van der Waals surface area contributed by atoms with Crippen LogP contribution in [0.2, 0.25) is 0 Å². The summed E-state index contributed by atoms with van der Waals surface area (Å²) in [5.74, 6) is -1.53. The van der Waals surface area contributed by atoms with Crippen molar-refractivity contribution >= 4 is 20.9 Å². The van der Waals surface area contributed by atoms with E-state index in [2.05, 4.69) is 4.98 Å². The molecule has 0 N–H and O–H groups in total. The Bertz CT molecular complexity index is 1080. The van der Waals surface area contributed by atoms with Crippen LogP contribution in [-0.4, -0.2) is 36.9 Å². The maximum atomic E-state index is 13.8. The Morgan fingerprint density at radius 3 is 2.58 bits per heavy atom. The minimum atomic E-state index is -4.02. The predicted molar refractivity (Wildman–Crippen MR) is 91.3 cm³/mol. The fraction of sp³-hybridized carbons (Fsp3) is 0.167. The molecule has 3 aromatic rings. The summed E-state index contributed by atoms with van der Waals surface area (Å²) in [6, 6.07) is 13.6. The van der Waals surface area contributed by atoms with Gasteiger partial charge in [-0.15, -0.1) is 0 Å². The number of sulfonamides is 1. The van der Waals surface area contributed by atoms with E-state index in [1.807, 2.05) is 30.3 Å². The van der Waals surface area contributed by atoms with Crippen molar-refractivity contribution in [1.82, 2.24) is 9.29 Å². The van der Waals surface area contributed by atoms with Crippen LogP contribution in [0, 0.1) is 11.6 Å². The predicted octanol–water partition coefficient (Wildman–Crippen LogP) is 2.96. The van der Waals surface area contributed by atoms with Gasteiger partial charge >= 0.3 is 0 Å². The molecule has 26 heavy (non-hydrogen) atoms. The van der Waals surface area contributed by atoms with Crippen molar-refractivity contribution in [2.24, 2.45) is 0 Å². The minimum Gasteiger partial charge on any atom is -0.472 e. The first-order chi connectivity index (χ1) is 12.4. The molecule has 0 spiro atoms. The van der Waals surface area contributed by atoms with Gasteiger partial charge in [-0.25, -0.2) is 22.2 Å². The van der Waals surface area contributed by atoms with Crippen molar-refractivity contribution in [3.63, 3.8) is 0 Å². The van der Waals surface area contributed by atoms with Crippen LogP contribution in [0.25, 0.3) is 10.9 Å². The molecule has 0 unspecified atom stereocenters. The molecule has 0 bridgehead atoms. The van der Waals surface area contributed by atoms with E-state index in [0.29, 0.717) is 11.9 Å². The average Bonchev–Trinajstić information content (AvgIpc) is 2.57. The summed E-state index contributed by atoms with van der Waals surface area (Å²) >= 11 is 0. The second kappa shape index (κ2) is 6.30. The van der Waals surface area contributed by atoms with Gasteiger partial charge < -0.3 is 4.74 Å². The molecule has 2 heterocycles. The molecule has 0 aliphatic carbocycles. The molecular formula is C18H14F2N2O3S. The molecule has 8 heteroatoms. The lowest BCUT2D eigenvalue weighted by molar-refractivity contribution is 0.0722. The summed E-state index contributed by atoms with van der Waals surface area (Å²) < 4.78 is 58.4. The number of aromatic nitrogens is 1. The summed E-state index contributed by atoms with van der Waals surface area (Å²) in [7, 11) is -4.02. The van der Waals surface area contributed by atoms with E-state index in [1.165, 1.54) is 0 Å². The Morgan fingerprint density at radius 2 is 1.81 bits per heavy atom. The van der Waals surface area contributed by atoms with E-state index >= 15 is 0 Å². The molecule has 0 atom stereocenters. The molecule has 134 valence electrons. The van der Waals surface area contributed by atoms with E-state index in [1.54, 1.807) is 6.07 Å². The molecule has 2 aromatic carbocycles. The van der Waals surface area contributed by atoms with Crippen LogP contribution in [0.3, 0.4) is 0 Å². The zero-order valence-electron chi connectivity index (χ0n) is 13.5. The third-order valence-electron chi connectivity index (χ3n) is 4.19. The highest BCUT2D eigenvalue weighted by molar-refractivity contribution is 7.89. The summed E-state index contributed by atoms with van der Waals surface area (Å²) in [6.07, 6.45) is -0.373. The van der Waals surface area contributed by atoms with Gasteiger partial charge in [0.25, 0.3) is 0 Å². The monoisotopic (exact) mass is 376 g/mol. The van der Waals surface area contributed by atoms with Gasteiger partial charge in [0.2, 0.25) is 15.9 Å². The number of para-hydroxylation sites is 1.